The summed E-state index contributed by atoms with van der Waals surface area (Å²) in [5.41, 5.74) is 3.85. The molecule has 19 heavy (non-hydrogen) atoms. The Hall–Kier alpha value is -1.42. The summed E-state index contributed by atoms with van der Waals surface area (Å²) in [7, 11) is 0. The predicted octanol–water partition coefficient (Wildman–Crippen LogP) is 3.63. The van der Waals surface area contributed by atoms with E-state index in [1.165, 1.54) is 5.56 Å². The lowest BCUT2D eigenvalue weighted by atomic mass is 10.1. The highest BCUT2D eigenvalue weighted by atomic mass is 79.9. The Labute approximate surface area is 121 Å². The minimum atomic E-state index is 0.698. The van der Waals surface area contributed by atoms with Crippen molar-refractivity contribution in [2.75, 3.05) is 0 Å². The number of carbonyl (C=O) groups is 1. The third-order valence-electron chi connectivity index (χ3n) is 3.18. The maximum Gasteiger partial charge on any atom is 0.153 e. The molecule has 2 aromatic rings. The first-order valence-corrected chi connectivity index (χ1v) is 7.27. The number of carbonyl (C=O) groups excluding carboxylic acids is 1. The zero-order valence-electron chi connectivity index (χ0n) is 11.2. The highest BCUT2D eigenvalue weighted by molar-refractivity contribution is 9.10. The summed E-state index contributed by atoms with van der Waals surface area (Å²) >= 11 is 3.47. The van der Waals surface area contributed by atoms with E-state index < -0.39 is 0 Å². The molecule has 0 amide bonds. The van der Waals surface area contributed by atoms with Crippen LogP contribution >= 0.6 is 15.9 Å². The molecule has 3 nitrogen and oxygen atoms in total. The van der Waals surface area contributed by atoms with Crippen LogP contribution in [0.3, 0.4) is 0 Å². The van der Waals surface area contributed by atoms with Crippen LogP contribution in [0.4, 0.5) is 0 Å². The van der Waals surface area contributed by atoms with Gasteiger partial charge in [-0.3, -0.25) is 9.48 Å². The molecule has 0 bridgehead atoms. The molecular formula is C15H17BrN2O. The van der Waals surface area contributed by atoms with Gasteiger partial charge in [0.2, 0.25) is 0 Å². The van der Waals surface area contributed by atoms with Crippen LogP contribution < -0.4 is 0 Å². The molecule has 0 aliphatic carbocycles. The van der Waals surface area contributed by atoms with Crippen LogP contribution in [0.25, 0.3) is 0 Å². The number of nitrogens with zero attached hydrogens (tertiary/aromatic N) is 2. The Morgan fingerprint density at radius 1 is 1.32 bits per heavy atom. The zero-order valence-corrected chi connectivity index (χ0v) is 12.8. The minimum Gasteiger partial charge on any atom is -0.298 e. The fourth-order valence-corrected chi connectivity index (χ4v) is 2.72. The first-order chi connectivity index (χ1) is 9.19. The molecule has 4 heteroatoms. The lowest BCUT2D eigenvalue weighted by Crippen LogP contribution is -2.06. The van der Waals surface area contributed by atoms with Gasteiger partial charge in [-0.05, 0) is 30.5 Å². The van der Waals surface area contributed by atoms with Gasteiger partial charge in [0.15, 0.2) is 6.29 Å². The second kappa shape index (κ2) is 6.15. The largest absolute Gasteiger partial charge is 0.298 e. The van der Waals surface area contributed by atoms with Crippen LogP contribution in [0, 0.1) is 0 Å². The van der Waals surface area contributed by atoms with Crippen molar-refractivity contribution >= 4 is 22.2 Å². The fraction of sp³-hybridized carbons (Fsp3) is 0.333. The van der Waals surface area contributed by atoms with Crippen LogP contribution in [-0.2, 0) is 19.4 Å². The number of aromatic nitrogens is 2. The molecule has 100 valence electrons. The molecule has 1 heterocycles. The van der Waals surface area contributed by atoms with Crippen molar-refractivity contribution in [1.82, 2.24) is 9.78 Å². The normalized spacial score (nSPS) is 10.7. The van der Waals surface area contributed by atoms with E-state index in [0.29, 0.717) is 6.54 Å². The molecule has 0 spiro atoms. The van der Waals surface area contributed by atoms with E-state index >= 15 is 0 Å². The monoisotopic (exact) mass is 320 g/mol. The average molecular weight is 321 g/mol. The predicted molar refractivity (Wildman–Crippen MR) is 79.6 cm³/mol. The molecule has 0 fully saturated rings. The van der Waals surface area contributed by atoms with E-state index in [9.17, 15) is 4.79 Å². The molecule has 0 atom stereocenters. The molecule has 2 rings (SSSR count). The first-order valence-electron chi connectivity index (χ1n) is 6.47. The van der Waals surface area contributed by atoms with Gasteiger partial charge in [-0.15, -0.1) is 0 Å². The van der Waals surface area contributed by atoms with E-state index in [4.69, 9.17) is 0 Å². The van der Waals surface area contributed by atoms with Crippen LogP contribution in [0.15, 0.2) is 28.7 Å². The zero-order chi connectivity index (χ0) is 13.8. The van der Waals surface area contributed by atoms with Gasteiger partial charge in [0.05, 0.1) is 17.8 Å². The van der Waals surface area contributed by atoms with Gasteiger partial charge in [0.25, 0.3) is 0 Å². The number of benzene rings is 1. The summed E-state index contributed by atoms with van der Waals surface area (Å²) in [6.07, 6.45) is 2.53. The molecule has 0 saturated heterocycles. The van der Waals surface area contributed by atoms with Crippen LogP contribution in [0.5, 0.6) is 0 Å². The average Bonchev–Trinajstić information content (AvgIpc) is 2.75. The number of aryl methyl sites for hydroxylation is 1. The van der Waals surface area contributed by atoms with E-state index in [2.05, 4.69) is 40.1 Å². The number of hydrogen-bond acceptors (Lipinski definition) is 2. The Bertz CT molecular complexity index is 590. The maximum atomic E-state index is 11.2. The van der Waals surface area contributed by atoms with E-state index in [1.54, 1.807) is 0 Å². The van der Waals surface area contributed by atoms with Crippen molar-refractivity contribution in [3.63, 3.8) is 0 Å². The third-order valence-corrected chi connectivity index (χ3v) is 3.68. The Morgan fingerprint density at radius 3 is 2.68 bits per heavy atom. The molecule has 0 unspecified atom stereocenters. The van der Waals surface area contributed by atoms with E-state index in [1.807, 2.05) is 23.7 Å². The van der Waals surface area contributed by atoms with Gasteiger partial charge in [0, 0.05) is 10.2 Å². The highest BCUT2D eigenvalue weighted by Crippen LogP contribution is 2.17. The fourth-order valence-electron chi connectivity index (χ4n) is 2.27. The molecule has 1 aromatic carbocycles. The minimum absolute atomic E-state index is 0.698. The molecule has 0 aliphatic rings. The molecule has 0 aliphatic heterocycles. The molecule has 0 radical (unpaired) electrons. The summed E-state index contributed by atoms with van der Waals surface area (Å²) in [6, 6.07) is 8.16. The summed E-state index contributed by atoms with van der Waals surface area (Å²) in [5.74, 6) is 0. The third kappa shape index (κ3) is 2.95. The Balaban J connectivity index is 2.39. The van der Waals surface area contributed by atoms with Gasteiger partial charge in [-0.25, -0.2) is 0 Å². The molecule has 0 N–H and O–H groups in total. The molecule has 1 aromatic heterocycles. The maximum absolute atomic E-state index is 11.2. The van der Waals surface area contributed by atoms with Gasteiger partial charge >= 0.3 is 0 Å². The van der Waals surface area contributed by atoms with Crippen molar-refractivity contribution in [2.24, 2.45) is 0 Å². The first kappa shape index (κ1) is 14.0. The SMILES string of the molecule is CCc1nn(Cc2cccc(Br)c2)c(CC)c1C=O. The standard InChI is InChI=1S/C15H17BrN2O/c1-3-14-13(10-19)15(4-2)18(17-14)9-11-6-5-7-12(16)8-11/h5-8,10H,3-4,9H2,1-2H3. The van der Waals surface area contributed by atoms with Crippen LogP contribution in [0.2, 0.25) is 0 Å². The number of hydrogen-bond donors (Lipinski definition) is 0. The summed E-state index contributed by atoms with van der Waals surface area (Å²) in [6.45, 7) is 4.78. The summed E-state index contributed by atoms with van der Waals surface area (Å²) in [5, 5.41) is 4.57. The topological polar surface area (TPSA) is 34.9 Å². The summed E-state index contributed by atoms with van der Waals surface area (Å²) < 4.78 is 3.01. The van der Waals surface area contributed by atoms with Gasteiger partial charge in [-0.1, -0.05) is 41.9 Å². The smallest absolute Gasteiger partial charge is 0.153 e. The number of rotatable bonds is 5. The van der Waals surface area contributed by atoms with Crippen molar-refractivity contribution in [1.29, 1.82) is 0 Å². The molecule has 0 saturated carbocycles. The van der Waals surface area contributed by atoms with Crippen molar-refractivity contribution < 1.29 is 4.79 Å². The van der Waals surface area contributed by atoms with Crippen molar-refractivity contribution in [3.8, 4) is 0 Å². The lowest BCUT2D eigenvalue weighted by molar-refractivity contribution is 0.112. The number of aldehydes is 1. The van der Waals surface area contributed by atoms with Gasteiger partial charge < -0.3 is 0 Å². The molecular weight excluding hydrogens is 304 g/mol. The quantitative estimate of drug-likeness (QED) is 0.788. The van der Waals surface area contributed by atoms with E-state index in [0.717, 1.165) is 40.6 Å². The second-order valence-electron chi connectivity index (χ2n) is 4.42. The van der Waals surface area contributed by atoms with Crippen molar-refractivity contribution in [2.45, 2.75) is 33.2 Å². The highest BCUT2D eigenvalue weighted by Gasteiger charge is 2.14. The second-order valence-corrected chi connectivity index (χ2v) is 5.34. The number of halogens is 1. The lowest BCUT2D eigenvalue weighted by Gasteiger charge is -2.07. The Kier molecular flexibility index (Phi) is 4.53. The van der Waals surface area contributed by atoms with Crippen LogP contribution in [-0.4, -0.2) is 16.1 Å². The van der Waals surface area contributed by atoms with Gasteiger partial charge in [-0.2, -0.15) is 5.10 Å². The van der Waals surface area contributed by atoms with Crippen LogP contribution in [0.1, 0.15) is 41.2 Å². The Morgan fingerprint density at radius 2 is 2.11 bits per heavy atom. The van der Waals surface area contributed by atoms with Crippen molar-refractivity contribution in [3.05, 3.63) is 51.3 Å². The summed E-state index contributed by atoms with van der Waals surface area (Å²) in [4.78, 5) is 11.2. The van der Waals surface area contributed by atoms with E-state index in [-0.39, 0.29) is 0 Å². The van der Waals surface area contributed by atoms with Gasteiger partial charge in [0.1, 0.15) is 0 Å².